The minimum atomic E-state index is -1.42. The van der Waals surface area contributed by atoms with Crippen LogP contribution in [0.5, 0.6) is 5.75 Å². The Balaban J connectivity index is 1.69. The van der Waals surface area contributed by atoms with Gasteiger partial charge in [-0.05, 0) is 37.4 Å². The molecule has 0 spiro atoms. The lowest BCUT2D eigenvalue weighted by atomic mass is 10.0. The number of ether oxygens (including phenoxy) is 1. The number of carbonyl (C=O) groups excluding carboxylic acids is 1. The van der Waals surface area contributed by atoms with E-state index in [9.17, 15) is 14.7 Å². The summed E-state index contributed by atoms with van der Waals surface area (Å²) in [6.07, 6.45) is 0. The summed E-state index contributed by atoms with van der Waals surface area (Å²) in [4.78, 5) is 29.0. The average molecular weight is 414 g/mol. The largest absolute Gasteiger partial charge is 0.486 e. The van der Waals surface area contributed by atoms with E-state index in [1.807, 2.05) is 66.7 Å². The number of carbonyl (C=O) groups is 2. The van der Waals surface area contributed by atoms with Crippen LogP contribution in [0, 0.1) is 0 Å². The summed E-state index contributed by atoms with van der Waals surface area (Å²) < 4.78 is 6.11. The molecule has 31 heavy (non-hydrogen) atoms. The molecule has 0 fully saturated rings. The molecule has 0 saturated heterocycles. The monoisotopic (exact) mass is 414 g/mol. The van der Waals surface area contributed by atoms with E-state index in [1.165, 1.54) is 13.8 Å². The van der Waals surface area contributed by atoms with Gasteiger partial charge in [-0.15, -0.1) is 0 Å². The van der Waals surface area contributed by atoms with E-state index >= 15 is 0 Å². The Morgan fingerprint density at radius 1 is 0.935 bits per heavy atom. The average Bonchev–Trinajstić information content (AvgIpc) is 2.76. The van der Waals surface area contributed by atoms with Crippen molar-refractivity contribution >= 4 is 33.6 Å². The molecule has 0 aliphatic rings. The normalized spacial score (nSPS) is 11.4. The van der Waals surface area contributed by atoms with Crippen molar-refractivity contribution in [2.75, 3.05) is 0 Å². The molecule has 0 aliphatic heterocycles. The molecule has 6 heteroatoms. The van der Waals surface area contributed by atoms with E-state index < -0.39 is 17.4 Å². The number of amides is 1. The molecule has 0 radical (unpaired) electrons. The standard InChI is InChI=1S/C25H22N2O4/c1-25(2,24(29)30)27-23(28)20-14-12-16-7-3-5-9-19(16)22(20)31-15-18-13-11-17-8-4-6-10-21(17)26-18/h3-14H,15H2,1-2H3,(H,27,28)(H,29,30). The molecule has 4 rings (SSSR count). The van der Waals surface area contributed by atoms with Crippen molar-refractivity contribution in [2.45, 2.75) is 26.0 Å². The van der Waals surface area contributed by atoms with Gasteiger partial charge in [0.1, 0.15) is 17.9 Å². The van der Waals surface area contributed by atoms with Crippen LogP contribution in [-0.4, -0.2) is 27.5 Å². The minimum Gasteiger partial charge on any atom is -0.486 e. The van der Waals surface area contributed by atoms with Crippen molar-refractivity contribution in [3.63, 3.8) is 0 Å². The summed E-state index contributed by atoms with van der Waals surface area (Å²) in [5, 5.41) is 14.6. The van der Waals surface area contributed by atoms with Gasteiger partial charge in [-0.1, -0.05) is 54.6 Å². The van der Waals surface area contributed by atoms with Gasteiger partial charge in [-0.25, -0.2) is 9.78 Å². The van der Waals surface area contributed by atoms with Crippen LogP contribution >= 0.6 is 0 Å². The number of fused-ring (bicyclic) bond motifs is 2. The second-order valence-corrected chi connectivity index (χ2v) is 7.83. The van der Waals surface area contributed by atoms with Crippen LogP contribution in [0.3, 0.4) is 0 Å². The number of pyridine rings is 1. The highest BCUT2D eigenvalue weighted by molar-refractivity contribution is 6.05. The highest BCUT2D eigenvalue weighted by atomic mass is 16.5. The Morgan fingerprint density at radius 3 is 2.39 bits per heavy atom. The molecule has 2 N–H and O–H groups in total. The van der Waals surface area contributed by atoms with Crippen LogP contribution in [0.15, 0.2) is 72.8 Å². The topological polar surface area (TPSA) is 88.5 Å². The van der Waals surface area contributed by atoms with Crippen molar-refractivity contribution in [1.82, 2.24) is 10.3 Å². The van der Waals surface area contributed by atoms with E-state index in [0.29, 0.717) is 5.75 Å². The third-order valence-electron chi connectivity index (χ3n) is 5.11. The molecule has 1 aromatic heterocycles. The summed E-state index contributed by atoms with van der Waals surface area (Å²) in [5.41, 5.74) is 0.445. The Bertz CT molecular complexity index is 1300. The summed E-state index contributed by atoms with van der Waals surface area (Å²) in [6.45, 7) is 3.04. The van der Waals surface area contributed by atoms with Gasteiger partial charge < -0.3 is 15.2 Å². The van der Waals surface area contributed by atoms with Crippen molar-refractivity contribution in [3.8, 4) is 5.75 Å². The first-order chi connectivity index (χ1) is 14.8. The van der Waals surface area contributed by atoms with Gasteiger partial charge in [0.2, 0.25) is 0 Å². The number of rotatable bonds is 6. The molecule has 0 unspecified atom stereocenters. The van der Waals surface area contributed by atoms with Crippen molar-refractivity contribution in [1.29, 1.82) is 0 Å². The first kappa shape index (κ1) is 20.3. The van der Waals surface area contributed by atoms with Gasteiger partial charge in [0.05, 0.1) is 16.8 Å². The fourth-order valence-corrected chi connectivity index (χ4v) is 3.32. The van der Waals surface area contributed by atoms with Crippen LogP contribution in [-0.2, 0) is 11.4 Å². The molecule has 0 aliphatic carbocycles. The third kappa shape index (κ3) is 4.19. The zero-order valence-corrected chi connectivity index (χ0v) is 17.3. The molecule has 156 valence electrons. The van der Waals surface area contributed by atoms with Crippen LogP contribution in [0.25, 0.3) is 21.7 Å². The molecular weight excluding hydrogens is 392 g/mol. The van der Waals surface area contributed by atoms with Gasteiger partial charge in [-0.2, -0.15) is 0 Å². The number of nitrogens with zero attached hydrogens (tertiary/aromatic N) is 1. The zero-order valence-electron chi connectivity index (χ0n) is 17.3. The highest BCUT2D eigenvalue weighted by Gasteiger charge is 2.30. The van der Waals surface area contributed by atoms with Gasteiger partial charge in [-0.3, -0.25) is 4.79 Å². The van der Waals surface area contributed by atoms with Gasteiger partial charge in [0, 0.05) is 10.8 Å². The van der Waals surface area contributed by atoms with Crippen molar-refractivity contribution < 1.29 is 19.4 Å². The van der Waals surface area contributed by atoms with E-state index in [1.54, 1.807) is 6.07 Å². The second-order valence-electron chi connectivity index (χ2n) is 7.83. The number of para-hydroxylation sites is 1. The zero-order chi connectivity index (χ0) is 22.0. The summed E-state index contributed by atoms with van der Waals surface area (Å²) in [6, 6.07) is 22.7. The molecule has 1 amide bonds. The molecular formula is C25H22N2O4. The molecule has 1 heterocycles. The van der Waals surface area contributed by atoms with E-state index in [4.69, 9.17) is 4.74 Å². The van der Waals surface area contributed by atoms with E-state index in [-0.39, 0.29) is 12.2 Å². The van der Waals surface area contributed by atoms with Crippen LogP contribution in [0.2, 0.25) is 0 Å². The smallest absolute Gasteiger partial charge is 0.328 e. The van der Waals surface area contributed by atoms with E-state index in [0.717, 1.165) is 27.4 Å². The van der Waals surface area contributed by atoms with Crippen molar-refractivity contribution in [3.05, 3.63) is 84.1 Å². The van der Waals surface area contributed by atoms with E-state index in [2.05, 4.69) is 10.3 Å². The molecule has 4 aromatic rings. The SMILES string of the molecule is CC(C)(NC(=O)c1ccc2ccccc2c1OCc1ccc2ccccc2n1)C(=O)O. The number of benzene rings is 3. The van der Waals surface area contributed by atoms with Crippen LogP contribution in [0.4, 0.5) is 0 Å². The lowest BCUT2D eigenvalue weighted by Gasteiger charge is -2.22. The fourth-order valence-electron chi connectivity index (χ4n) is 3.32. The lowest BCUT2D eigenvalue weighted by Crippen LogP contribution is -2.49. The Hall–Kier alpha value is -3.93. The maximum Gasteiger partial charge on any atom is 0.328 e. The van der Waals surface area contributed by atoms with Gasteiger partial charge >= 0.3 is 5.97 Å². The molecule has 0 bridgehead atoms. The van der Waals surface area contributed by atoms with Crippen LogP contribution in [0.1, 0.15) is 29.9 Å². The predicted octanol–water partition coefficient (Wildman–Crippen LogP) is 4.56. The molecule has 0 saturated carbocycles. The predicted molar refractivity (Wildman–Crippen MR) is 119 cm³/mol. The number of carboxylic acid groups (broad SMARTS) is 1. The Labute approximate surface area is 179 Å². The second kappa shape index (κ2) is 8.07. The van der Waals surface area contributed by atoms with Gasteiger partial charge in [0.25, 0.3) is 5.91 Å². The maximum atomic E-state index is 12.9. The number of carboxylic acids is 1. The number of hydrogen-bond donors (Lipinski definition) is 2. The fraction of sp³-hybridized carbons (Fsp3) is 0.160. The number of aromatic nitrogens is 1. The van der Waals surface area contributed by atoms with Gasteiger partial charge in [0.15, 0.2) is 0 Å². The number of hydrogen-bond acceptors (Lipinski definition) is 4. The molecule has 0 atom stereocenters. The van der Waals surface area contributed by atoms with Crippen LogP contribution < -0.4 is 10.1 Å². The lowest BCUT2D eigenvalue weighted by molar-refractivity contribution is -0.143. The number of nitrogens with one attached hydrogen (secondary N) is 1. The minimum absolute atomic E-state index is 0.168. The first-order valence-electron chi connectivity index (χ1n) is 9.90. The summed E-state index contributed by atoms with van der Waals surface area (Å²) in [7, 11) is 0. The third-order valence-corrected chi connectivity index (χ3v) is 5.11. The summed E-state index contributed by atoms with van der Waals surface area (Å²) in [5.74, 6) is -1.24. The summed E-state index contributed by atoms with van der Waals surface area (Å²) >= 11 is 0. The van der Waals surface area contributed by atoms with Crippen molar-refractivity contribution in [2.24, 2.45) is 0 Å². The maximum absolute atomic E-state index is 12.9. The Morgan fingerprint density at radius 2 is 1.61 bits per heavy atom. The first-order valence-corrected chi connectivity index (χ1v) is 9.90. The quantitative estimate of drug-likeness (QED) is 0.483. The number of aliphatic carboxylic acids is 1. The molecule has 3 aromatic carbocycles. The Kier molecular flexibility index (Phi) is 5.29. The highest BCUT2D eigenvalue weighted by Crippen LogP contribution is 2.31. The molecule has 6 nitrogen and oxygen atoms in total.